The number of hydrogen-bond acceptors (Lipinski definition) is 4. The normalized spacial score (nSPS) is 21.6. The first-order valence-electron chi connectivity index (χ1n) is 10.4. The Hall–Kier alpha value is -2.44. The molecule has 0 atom stereocenters. The molecular formula is C23H24ClFN4O. The summed E-state index contributed by atoms with van der Waals surface area (Å²) in [6.45, 7) is 1.56. The fourth-order valence-corrected chi connectivity index (χ4v) is 4.80. The second-order valence-corrected chi connectivity index (χ2v) is 8.71. The lowest BCUT2D eigenvalue weighted by molar-refractivity contribution is 0.139. The van der Waals surface area contributed by atoms with Crippen molar-refractivity contribution in [2.24, 2.45) is 0 Å². The van der Waals surface area contributed by atoms with E-state index in [0.717, 1.165) is 61.1 Å². The number of hydrogen-bond donors (Lipinski definition) is 0. The van der Waals surface area contributed by atoms with E-state index in [-0.39, 0.29) is 11.9 Å². The van der Waals surface area contributed by atoms with Gasteiger partial charge in [-0.25, -0.2) is 4.39 Å². The molecule has 2 heterocycles. The molecule has 1 fully saturated rings. The van der Waals surface area contributed by atoms with Crippen LogP contribution in [0.2, 0.25) is 5.02 Å². The molecule has 1 aliphatic carbocycles. The van der Waals surface area contributed by atoms with Gasteiger partial charge in [-0.05, 0) is 68.6 Å². The standard InChI is InChI=1S/C23H24ClFN4O/c1-28-13-16-12-17(24)8-11-20(16)29-22(14-28)26-27-23(29)15-6-9-18(10-7-15)30-21-5-3-2-4-19(21)25/h2-5,8,11-12,15,18H,6-7,9-10,13-14H2,1H3/t15-,18-. The summed E-state index contributed by atoms with van der Waals surface area (Å²) in [5.74, 6) is 2.30. The number of benzene rings is 2. The topological polar surface area (TPSA) is 43.2 Å². The van der Waals surface area contributed by atoms with Gasteiger partial charge in [0.15, 0.2) is 17.4 Å². The van der Waals surface area contributed by atoms with E-state index >= 15 is 0 Å². The van der Waals surface area contributed by atoms with E-state index in [1.54, 1.807) is 18.2 Å². The lowest BCUT2D eigenvalue weighted by Crippen LogP contribution is -2.25. The van der Waals surface area contributed by atoms with E-state index in [9.17, 15) is 4.39 Å². The van der Waals surface area contributed by atoms with Gasteiger partial charge < -0.3 is 4.74 Å². The van der Waals surface area contributed by atoms with Gasteiger partial charge in [0, 0.05) is 17.5 Å². The molecule has 0 saturated heterocycles. The fraction of sp³-hybridized carbons (Fsp3) is 0.391. The third-order valence-electron chi connectivity index (χ3n) is 6.06. The highest BCUT2D eigenvalue weighted by atomic mass is 35.5. The van der Waals surface area contributed by atoms with Gasteiger partial charge in [-0.3, -0.25) is 9.47 Å². The summed E-state index contributed by atoms with van der Waals surface area (Å²) in [4.78, 5) is 2.23. The summed E-state index contributed by atoms with van der Waals surface area (Å²) < 4.78 is 22.1. The maximum atomic E-state index is 13.9. The Morgan fingerprint density at radius 1 is 1.03 bits per heavy atom. The molecule has 156 valence electrons. The molecule has 0 unspecified atom stereocenters. The van der Waals surface area contributed by atoms with E-state index in [2.05, 4.69) is 32.8 Å². The van der Waals surface area contributed by atoms with Crippen molar-refractivity contribution < 1.29 is 9.13 Å². The summed E-state index contributed by atoms with van der Waals surface area (Å²) in [5, 5.41) is 9.86. The highest BCUT2D eigenvalue weighted by molar-refractivity contribution is 6.30. The number of ether oxygens (including phenoxy) is 1. The van der Waals surface area contributed by atoms with Crippen molar-refractivity contribution >= 4 is 11.6 Å². The number of nitrogens with zero attached hydrogens (tertiary/aromatic N) is 4. The van der Waals surface area contributed by atoms with Gasteiger partial charge in [0.1, 0.15) is 5.82 Å². The number of halogens is 2. The van der Waals surface area contributed by atoms with Gasteiger partial charge in [-0.1, -0.05) is 23.7 Å². The van der Waals surface area contributed by atoms with Gasteiger partial charge in [0.05, 0.1) is 18.3 Å². The number of fused-ring (bicyclic) bond motifs is 3. The molecule has 0 amide bonds. The number of rotatable bonds is 3. The Labute approximate surface area is 180 Å². The molecular weight excluding hydrogens is 403 g/mol. The fourth-order valence-electron chi connectivity index (χ4n) is 4.61. The molecule has 0 N–H and O–H groups in total. The van der Waals surface area contributed by atoms with Crippen LogP contribution >= 0.6 is 11.6 Å². The first kappa shape index (κ1) is 19.5. The largest absolute Gasteiger partial charge is 0.487 e. The summed E-state index contributed by atoms with van der Waals surface area (Å²) in [7, 11) is 2.08. The molecule has 1 saturated carbocycles. The molecule has 3 aromatic rings. The van der Waals surface area contributed by atoms with Gasteiger partial charge in [0.25, 0.3) is 0 Å². The quantitative estimate of drug-likeness (QED) is 0.583. The minimum absolute atomic E-state index is 0.0295. The van der Waals surface area contributed by atoms with E-state index < -0.39 is 0 Å². The molecule has 5 rings (SSSR count). The van der Waals surface area contributed by atoms with Crippen LogP contribution in [0.1, 0.15) is 48.8 Å². The molecule has 1 aromatic heterocycles. The average Bonchev–Trinajstić information content (AvgIpc) is 3.07. The van der Waals surface area contributed by atoms with E-state index in [1.165, 1.54) is 11.6 Å². The van der Waals surface area contributed by atoms with Crippen LogP contribution in [0.15, 0.2) is 42.5 Å². The summed E-state index contributed by atoms with van der Waals surface area (Å²) in [6, 6.07) is 12.6. The van der Waals surface area contributed by atoms with Crippen LogP contribution in [0.5, 0.6) is 5.75 Å². The average molecular weight is 427 g/mol. The SMILES string of the molecule is CN1Cc2cc(Cl)ccc2-n2c(nnc2[C@H]2CC[C@H](Oc3ccccc3F)CC2)C1. The Bertz CT molecular complexity index is 1060. The highest BCUT2D eigenvalue weighted by Gasteiger charge is 2.30. The van der Waals surface area contributed by atoms with Crippen LogP contribution in [0.3, 0.4) is 0 Å². The van der Waals surface area contributed by atoms with Gasteiger partial charge in [0.2, 0.25) is 0 Å². The van der Waals surface area contributed by atoms with Crippen molar-refractivity contribution in [3.63, 3.8) is 0 Å². The Kier molecular flexibility index (Phi) is 5.21. The van der Waals surface area contributed by atoms with E-state index in [0.29, 0.717) is 11.7 Å². The van der Waals surface area contributed by atoms with Crippen molar-refractivity contribution in [3.05, 3.63) is 70.5 Å². The Morgan fingerprint density at radius 2 is 1.83 bits per heavy atom. The molecule has 2 aromatic carbocycles. The molecule has 5 nitrogen and oxygen atoms in total. The van der Waals surface area contributed by atoms with Crippen LogP contribution in [0, 0.1) is 5.82 Å². The maximum Gasteiger partial charge on any atom is 0.165 e. The zero-order valence-electron chi connectivity index (χ0n) is 16.9. The summed E-state index contributed by atoms with van der Waals surface area (Å²) in [6.07, 6.45) is 3.65. The molecule has 2 aliphatic rings. The van der Waals surface area contributed by atoms with Crippen LogP contribution in [-0.4, -0.2) is 32.8 Å². The number of aromatic nitrogens is 3. The predicted octanol–water partition coefficient (Wildman–Crippen LogP) is 5.11. The Balaban J connectivity index is 1.38. The number of para-hydroxylation sites is 1. The third-order valence-corrected chi connectivity index (χ3v) is 6.29. The minimum Gasteiger partial charge on any atom is -0.487 e. The smallest absolute Gasteiger partial charge is 0.165 e. The zero-order chi connectivity index (χ0) is 20.7. The monoisotopic (exact) mass is 426 g/mol. The molecule has 1 aliphatic heterocycles. The molecule has 0 bridgehead atoms. The third kappa shape index (κ3) is 3.70. The van der Waals surface area contributed by atoms with Crippen LogP contribution in [0.25, 0.3) is 5.69 Å². The Morgan fingerprint density at radius 3 is 2.63 bits per heavy atom. The van der Waals surface area contributed by atoms with E-state index in [1.807, 2.05) is 12.1 Å². The maximum absolute atomic E-state index is 13.9. The minimum atomic E-state index is -0.304. The molecule has 30 heavy (non-hydrogen) atoms. The van der Waals surface area contributed by atoms with Gasteiger partial charge in [-0.15, -0.1) is 10.2 Å². The second-order valence-electron chi connectivity index (χ2n) is 8.28. The predicted molar refractivity (Wildman–Crippen MR) is 114 cm³/mol. The van der Waals surface area contributed by atoms with Gasteiger partial charge in [-0.2, -0.15) is 0 Å². The van der Waals surface area contributed by atoms with Gasteiger partial charge >= 0.3 is 0 Å². The van der Waals surface area contributed by atoms with Crippen molar-refractivity contribution in [1.82, 2.24) is 19.7 Å². The lowest BCUT2D eigenvalue weighted by Gasteiger charge is -2.29. The zero-order valence-corrected chi connectivity index (χ0v) is 17.6. The molecule has 7 heteroatoms. The molecule has 0 radical (unpaired) electrons. The van der Waals surface area contributed by atoms with Crippen molar-refractivity contribution in [3.8, 4) is 11.4 Å². The highest BCUT2D eigenvalue weighted by Crippen LogP contribution is 2.37. The molecule has 0 spiro atoms. The first-order valence-corrected chi connectivity index (χ1v) is 10.8. The summed E-state index contributed by atoms with van der Waals surface area (Å²) in [5.41, 5.74) is 2.30. The lowest BCUT2D eigenvalue weighted by atomic mass is 9.86. The first-order chi connectivity index (χ1) is 14.6. The van der Waals surface area contributed by atoms with Crippen LogP contribution in [-0.2, 0) is 13.1 Å². The summed E-state index contributed by atoms with van der Waals surface area (Å²) >= 11 is 6.26. The van der Waals surface area contributed by atoms with E-state index in [4.69, 9.17) is 16.3 Å². The van der Waals surface area contributed by atoms with Crippen molar-refractivity contribution in [1.29, 1.82) is 0 Å². The van der Waals surface area contributed by atoms with Crippen LogP contribution < -0.4 is 4.74 Å². The van der Waals surface area contributed by atoms with Crippen LogP contribution in [0.4, 0.5) is 4.39 Å². The second kappa shape index (κ2) is 8.00. The van der Waals surface area contributed by atoms with Crippen molar-refractivity contribution in [2.45, 2.75) is 50.8 Å². The van der Waals surface area contributed by atoms with Crippen molar-refractivity contribution in [2.75, 3.05) is 7.05 Å².